The Bertz CT molecular complexity index is 657. The van der Waals surface area contributed by atoms with Gasteiger partial charge in [0, 0.05) is 22.7 Å². The van der Waals surface area contributed by atoms with Gasteiger partial charge in [-0.2, -0.15) is 0 Å². The molecular weight excluding hydrogens is 300 g/mol. The van der Waals surface area contributed by atoms with Gasteiger partial charge < -0.3 is 4.98 Å². The van der Waals surface area contributed by atoms with Crippen LogP contribution in [0, 0.1) is 0 Å². The van der Waals surface area contributed by atoms with Gasteiger partial charge in [-0.1, -0.05) is 58.4 Å². The third-order valence-electron chi connectivity index (χ3n) is 2.98. The van der Waals surface area contributed by atoms with Gasteiger partial charge in [0.05, 0.1) is 5.69 Å². The molecular formula is C16H13BrN2. The summed E-state index contributed by atoms with van der Waals surface area (Å²) in [6.07, 6.45) is 2.82. The zero-order valence-corrected chi connectivity index (χ0v) is 11.9. The summed E-state index contributed by atoms with van der Waals surface area (Å²) in [6, 6.07) is 18.5. The smallest absolute Gasteiger partial charge is 0.137 e. The summed E-state index contributed by atoms with van der Waals surface area (Å²) in [5.41, 5.74) is 3.43. The maximum atomic E-state index is 4.63. The molecule has 3 aromatic rings. The van der Waals surface area contributed by atoms with Crippen LogP contribution in [0.1, 0.15) is 11.3 Å². The molecule has 0 bridgehead atoms. The number of nitrogens with zero attached hydrogens (tertiary/aromatic N) is 1. The van der Waals surface area contributed by atoms with Crippen LogP contribution in [0.5, 0.6) is 0 Å². The van der Waals surface area contributed by atoms with E-state index in [2.05, 4.69) is 62.3 Å². The number of aromatic amines is 1. The molecule has 1 aromatic heterocycles. The molecule has 0 saturated heterocycles. The monoisotopic (exact) mass is 312 g/mol. The van der Waals surface area contributed by atoms with Crippen molar-refractivity contribution in [3.05, 3.63) is 76.5 Å². The van der Waals surface area contributed by atoms with Crippen molar-refractivity contribution >= 4 is 15.9 Å². The maximum absolute atomic E-state index is 4.63. The number of rotatable bonds is 3. The van der Waals surface area contributed by atoms with Gasteiger partial charge >= 0.3 is 0 Å². The standard InChI is InChI=1S/C16H13BrN2/c17-14-8-6-12(7-9-14)10-15-11-18-16(19-15)13-4-2-1-3-5-13/h1-9,11H,10H2,(H,18,19). The first kappa shape index (κ1) is 12.2. The third kappa shape index (κ3) is 2.93. The van der Waals surface area contributed by atoms with Crippen molar-refractivity contribution in [3.63, 3.8) is 0 Å². The van der Waals surface area contributed by atoms with E-state index < -0.39 is 0 Å². The number of benzene rings is 2. The summed E-state index contributed by atoms with van der Waals surface area (Å²) in [5.74, 6) is 0.924. The molecule has 0 saturated carbocycles. The predicted molar refractivity (Wildman–Crippen MR) is 81.0 cm³/mol. The molecule has 0 atom stereocenters. The van der Waals surface area contributed by atoms with Gasteiger partial charge in [0.2, 0.25) is 0 Å². The van der Waals surface area contributed by atoms with Crippen LogP contribution in [-0.2, 0) is 6.42 Å². The Morgan fingerprint density at radius 3 is 2.42 bits per heavy atom. The highest BCUT2D eigenvalue weighted by atomic mass is 79.9. The molecule has 0 amide bonds. The van der Waals surface area contributed by atoms with E-state index in [0.29, 0.717) is 0 Å². The van der Waals surface area contributed by atoms with Crippen molar-refractivity contribution in [3.8, 4) is 11.4 Å². The molecule has 0 aliphatic heterocycles. The van der Waals surface area contributed by atoms with Crippen LogP contribution in [-0.4, -0.2) is 9.97 Å². The van der Waals surface area contributed by atoms with E-state index in [-0.39, 0.29) is 0 Å². The molecule has 3 rings (SSSR count). The van der Waals surface area contributed by atoms with Gasteiger partial charge in [-0.25, -0.2) is 4.98 Å². The SMILES string of the molecule is Brc1ccc(Cc2c[nH]c(-c3ccccc3)n2)cc1. The van der Waals surface area contributed by atoms with E-state index in [1.807, 2.05) is 24.4 Å². The Labute approximate surface area is 120 Å². The molecule has 19 heavy (non-hydrogen) atoms. The molecule has 0 aliphatic rings. The molecule has 0 aliphatic carbocycles. The van der Waals surface area contributed by atoms with Crippen LogP contribution in [0.2, 0.25) is 0 Å². The summed E-state index contributed by atoms with van der Waals surface area (Å²) in [7, 11) is 0. The van der Waals surface area contributed by atoms with E-state index >= 15 is 0 Å². The van der Waals surface area contributed by atoms with Gasteiger partial charge in [-0.3, -0.25) is 0 Å². The number of halogens is 1. The number of aromatic nitrogens is 2. The van der Waals surface area contributed by atoms with Crippen molar-refractivity contribution in [2.45, 2.75) is 6.42 Å². The lowest BCUT2D eigenvalue weighted by molar-refractivity contribution is 1.11. The lowest BCUT2D eigenvalue weighted by Gasteiger charge is -1.98. The maximum Gasteiger partial charge on any atom is 0.137 e. The van der Waals surface area contributed by atoms with Crippen molar-refractivity contribution < 1.29 is 0 Å². The van der Waals surface area contributed by atoms with Gasteiger partial charge in [0.1, 0.15) is 5.82 Å². The summed E-state index contributed by atoms with van der Waals surface area (Å²) < 4.78 is 1.10. The van der Waals surface area contributed by atoms with E-state index in [4.69, 9.17) is 0 Å². The predicted octanol–water partition coefficient (Wildman–Crippen LogP) is 4.43. The molecule has 0 spiro atoms. The Morgan fingerprint density at radius 2 is 1.68 bits per heavy atom. The van der Waals surface area contributed by atoms with Crippen LogP contribution in [0.3, 0.4) is 0 Å². The summed E-state index contributed by atoms with van der Waals surface area (Å²) >= 11 is 3.44. The Hall–Kier alpha value is -1.87. The highest BCUT2D eigenvalue weighted by Gasteiger charge is 2.04. The lowest BCUT2D eigenvalue weighted by atomic mass is 10.1. The minimum absolute atomic E-state index is 0.844. The van der Waals surface area contributed by atoms with E-state index in [1.54, 1.807) is 0 Å². The third-order valence-corrected chi connectivity index (χ3v) is 3.51. The quantitative estimate of drug-likeness (QED) is 0.761. The van der Waals surface area contributed by atoms with E-state index in [0.717, 1.165) is 28.0 Å². The summed E-state index contributed by atoms with van der Waals surface area (Å²) in [5, 5.41) is 0. The van der Waals surface area contributed by atoms with Crippen LogP contribution in [0.25, 0.3) is 11.4 Å². The Kier molecular flexibility index (Phi) is 3.47. The second-order valence-electron chi connectivity index (χ2n) is 4.41. The summed E-state index contributed by atoms with van der Waals surface area (Å²) in [4.78, 5) is 7.86. The molecule has 1 N–H and O–H groups in total. The fraction of sp³-hybridized carbons (Fsp3) is 0.0625. The first-order valence-electron chi connectivity index (χ1n) is 6.15. The minimum atomic E-state index is 0.844. The number of H-pyrrole nitrogens is 1. The lowest BCUT2D eigenvalue weighted by Crippen LogP contribution is -1.88. The largest absolute Gasteiger partial charge is 0.344 e. The first-order valence-corrected chi connectivity index (χ1v) is 6.95. The molecule has 2 aromatic carbocycles. The zero-order chi connectivity index (χ0) is 13.1. The van der Waals surface area contributed by atoms with Crippen molar-refractivity contribution in [1.82, 2.24) is 9.97 Å². The highest BCUT2D eigenvalue weighted by Crippen LogP contribution is 2.17. The van der Waals surface area contributed by atoms with Crippen molar-refractivity contribution in [1.29, 1.82) is 0 Å². The molecule has 1 heterocycles. The van der Waals surface area contributed by atoms with E-state index in [1.165, 1.54) is 5.56 Å². The van der Waals surface area contributed by atoms with Crippen LogP contribution in [0.15, 0.2) is 65.3 Å². The van der Waals surface area contributed by atoms with Gasteiger partial charge in [-0.05, 0) is 17.7 Å². The van der Waals surface area contributed by atoms with Crippen molar-refractivity contribution in [2.75, 3.05) is 0 Å². The Morgan fingerprint density at radius 1 is 0.947 bits per heavy atom. The normalized spacial score (nSPS) is 10.6. The second-order valence-corrected chi connectivity index (χ2v) is 5.33. The van der Waals surface area contributed by atoms with Gasteiger partial charge in [-0.15, -0.1) is 0 Å². The number of nitrogens with one attached hydrogen (secondary N) is 1. The molecule has 0 unspecified atom stereocenters. The molecule has 0 radical (unpaired) electrons. The Balaban J connectivity index is 1.80. The van der Waals surface area contributed by atoms with Gasteiger partial charge in [0.25, 0.3) is 0 Å². The minimum Gasteiger partial charge on any atom is -0.344 e. The number of hydrogen-bond donors (Lipinski definition) is 1. The average Bonchev–Trinajstić information content (AvgIpc) is 2.91. The fourth-order valence-corrected chi connectivity index (χ4v) is 2.27. The topological polar surface area (TPSA) is 28.7 Å². The summed E-state index contributed by atoms with van der Waals surface area (Å²) in [6.45, 7) is 0. The van der Waals surface area contributed by atoms with Crippen LogP contribution >= 0.6 is 15.9 Å². The number of imidazole rings is 1. The second kappa shape index (κ2) is 5.41. The van der Waals surface area contributed by atoms with Crippen LogP contribution < -0.4 is 0 Å². The molecule has 2 nitrogen and oxygen atoms in total. The fourth-order valence-electron chi connectivity index (χ4n) is 2.01. The molecule has 0 fully saturated rings. The zero-order valence-electron chi connectivity index (χ0n) is 10.3. The molecule has 3 heteroatoms. The van der Waals surface area contributed by atoms with Crippen molar-refractivity contribution in [2.24, 2.45) is 0 Å². The highest BCUT2D eigenvalue weighted by molar-refractivity contribution is 9.10. The first-order chi connectivity index (χ1) is 9.31. The average molecular weight is 313 g/mol. The van der Waals surface area contributed by atoms with Gasteiger partial charge in [0.15, 0.2) is 0 Å². The van der Waals surface area contributed by atoms with Crippen LogP contribution in [0.4, 0.5) is 0 Å². The molecule has 94 valence electrons. The van der Waals surface area contributed by atoms with E-state index in [9.17, 15) is 0 Å². The number of hydrogen-bond acceptors (Lipinski definition) is 1.